The molecule has 0 unspecified atom stereocenters. The SMILES string of the molecule is Cc1ccccc1Oc1cc(F)cc(F)c1NC(=O)c1ccc2c(c1)C(=O)NC2=O. The van der Waals surface area contributed by atoms with Gasteiger partial charge in [0.25, 0.3) is 17.7 Å². The van der Waals surface area contributed by atoms with Gasteiger partial charge in [0.15, 0.2) is 11.6 Å². The zero-order valence-corrected chi connectivity index (χ0v) is 15.6. The van der Waals surface area contributed by atoms with Crippen molar-refractivity contribution < 1.29 is 27.9 Å². The van der Waals surface area contributed by atoms with Crippen molar-refractivity contribution in [2.24, 2.45) is 0 Å². The molecule has 150 valence electrons. The number of rotatable bonds is 4. The van der Waals surface area contributed by atoms with Crippen LogP contribution >= 0.6 is 0 Å². The van der Waals surface area contributed by atoms with E-state index in [1.165, 1.54) is 18.2 Å². The fraction of sp³-hybridized carbons (Fsp3) is 0.0455. The molecule has 2 N–H and O–H groups in total. The van der Waals surface area contributed by atoms with E-state index in [1.54, 1.807) is 31.2 Å². The minimum absolute atomic E-state index is 0.0177. The minimum atomic E-state index is -1.03. The molecule has 0 spiro atoms. The van der Waals surface area contributed by atoms with Gasteiger partial charge in [-0.15, -0.1) is 0 Å². The lowest BCUT2D eigenvalue weighted by Crippen LogP contribution is -2.20. The number of para-hydroxylation sites is 1. The molecule has 1 aliphatic heterocycles. The van der Waals surface area contributed by atoms with Crippen LogP contribution in [0.4, 0.5) is 14.5 Å². The van der Waals surface area contributed by atoms with Gasteiger partial charge < -0.3 is 10.1 Å². The summed E-state index contributed by atoms with van der Waals surface area (Å²) in [5, 5.41) is 4.48. The molecule has 0 fully saturated rings. The monoisotopic (exact) mass is 408 g/mol. The standard InChI is InChI=1S/C22H14F2N2O4/c1-11-4-2-3-5-17(11)30-18-10-13(23)9-16(24)19(18)25-20(27)12-6-7-14-15(8-12)22(29)26-21(14)28/h2-10H,1H3,(H,25,27)(H,26,28,29). The van der Waals surface area contributed by atoms with Gasteiger partial charge in [-0.1, -0.05) is 18.2 Å². The molecular weight excluding hydrogens is 394 g/mol. The molecule has 8 heteroatoms. The summed E-state index contributed by atoms with van der Waals surface area (Å²) in [5.74, 6) is -3.69. The Balaban J connectivity index is 1.67. The number of amides is 3. The van der Waals surface area contributed by atoms with Crippen LogP contribution in [0, 0.1) is 18.6 Å². The van der Waals surface area contributed by atoms with Gasteiger partial charge in [0.2, 0.25) is 0 Å². The van der Waals surface area contributed by atoms with Gasteiger partial charge in [0, 0.05) is 17.7 Å². The van der Waals surface area contributed by atoms with E-state index in [-0.39, 0.29) is 28.1 Å². The first-order valence-electron chi connectivity index (χ1n) is 8.87. The molecule has 3 aromatic carbocycles. The van der Waals surface area contributed by atoms with E-state index in [9.17, 15) is 23.2 Å². The second-order valence-corrected chi connectivity index (χ2v) is 6.63. The van der Waals surface area contributed by atoms with Gasteiger partial charge in [-0.2, -0.15) is 0 Å². The average Bonchev–Trinajstić information content (AvgIpc) is 2.99. The van der Waals surface area contributed by atoms with E-state index >= 15 is 0 Å². The van der Waals surface area contributed by atoms with Crippen molar-refractivity contribution in [2.45, 2.75) is 6.92 Å². The van der Waals surface area contributed by atoms with Crippen molar-refractivity contribution in [3.63, 3.8) is 0 Å². The van der Waals surface area contributed by atoms with Crippen LogP contribution in [0.1, 0.15) is 36.6 Å². The number of ether oxygens (including phenoxy) is 1. The molecule has 3 amide bonds. The molecule has 0 aromatic heterocycles. The first-order chi connectivity index (χ1) is 14.3. The molecule has 0 saturated carbocycles. The van der Waals surface area contributed by atoms with Gasteiger partial charge >= 0.3 is 0 Å². The van der Waals surface area contributed by atoms with Gasteiger partial charge in [-0.05, 0) is 36.8 Å². The van der Waals surface area contributed by atoms with Gasteiger partial charge in [0.05, 0.1) is 11.1 Å². The Hall–Kier alpha value is -4.07. The number of nitrogens with one attached hydrogen (secondary N) is 2. The second-order valence-electron chi connectivity index (χ2n) is 6.63. The first-order valence-corrected chi connectivity index (χ1v) is 8.87. The third-order valence-electron chi connectivity index (χ3n) is 4.57. The van der Waals surface area contributed by atoms with Crippen LogP contribution in [0.25, 0.3) is 0 Å². The van der Waals surface area contributed by atoms with E-state index in [4.69, 9.17) is 4.74 Å². The maximum absolute atomic E-state index is 14.5. The summed E-state index contributed by atoms with van der Waals surface area (Å²) in [6.45, 7) is 1.76. The summed E-state index contributed by atoms with van der Waals surface area (Å²) >= 11 is 0. The van der Waals surface area contributed by atoms with Crippen molar-refractivity contribution in [3.05, 3.63) is 88.5 Å². The molecule has 3 aromatic rings. The molecule has 0 aliphatic carbocycles. The van der Waals surface area contributed by atoms with Gasteiger partial charge in [-0.25, -0.2) is 8.78 Å². The van der Waals surface area contributed by atoms with Gasteiger partial charge in [-0.3, -0.25) is 19.7 Å². The van der Waals surface area contributed by atoms with E-state index in [0.29, 0.717) is 11.8 Å². The summed E-state index contributed by atoms with van der Waals surface area (Å²) in [6.07, 6.45) is 0. The topological polar surface area (TPSA) is 84.5 Å². The number of carbonyl (C=O) groups is 3. The quantitative estimate of drug-likeness (QED) is 0.634. The Morgan fingerprint density at radius 2 is 1.67 bits per heavy atom. The highest BCUT2D eigenvalue weighted by Gasteiger charge is 2.28. The Labute approximate surface area is 169 Å². The number of hydrogen-bond donors (Lipinski definition) is 2. The highest BCUT2D eigenvalue weighted by atomic mass is 19.1. The van der Waals surface area contributed by atoms with Crippen molar-refractivity contribution in [2.75, 3.05) is 5.32 Å². The Morgan fingerprint density at radius 1 is 0.933 bits per heavy atom. The zero-order valence-electron chi connectivity index (χ0n) is 15.6. The number of imide groups is 1. The number of carbonyl (C=O) groups excluding carboxylic acids is 3. The third-order valence-corrected chi connectivity index (χ3v) is 4.57. The second kappa shape index (κ2) is 7.40. The predicted molar refractivity (Wildman–Crippen MR) is 104 cm³/mol. The molecule has 4 rings (SSSR count). The van der Waals surface area contributed by atoms with Crippen molar-refractivity contribution >= 4 is 23.4 Å². The predicted octanol–water partition coefficient (Wildman–Crippen LogP) is 4.20. The number of fused-ring (bicyclic) bond motifs is 1. The van der Waals surface area contributed by atoms with Crippen LogP contribution in [0.3, 0.4) is 0 Å². The lowest BCUT2D eigenvalue weighted by atomic mass is 10.1. The Morgan fingerprint density at radius 3 is 2.43 bits per heavy atom. The molecule has 0 bridgehead atoms. The smallest absolute Gasteiger partial charge is 0.258 e. The molecule has 30 heavy (non-hydrogen) atoms. The van der Waals surface area contributed by atoms with Crippen LogP contribution in [0.15, 0.2) is 54.6 Å². The summed E-state index contributed by atoms with van der Waals surface area (Å²) in [6, 6.07) is 12.3. The number of halogens is 2. The maximum atomic E-state index is 14.5. The van der Waals surface area contributed by atoms with Crippen LogP contribution in [0.5, 0.6) is 11.5 Å². The number of anilines is 1. The fourth-order valence-electron chi connectivity index (χ4n) is 3.04. The Bertz CT molecular complexity index is 1220. The highest BCUT2D eigenvalue weighted by molar-refractivity contribution is 6.22. The lowest BCUT2D eigenvalue weighted by Gasteiger charge is -2.15. The average molecular weight is 408 g/mol. The molecular formula is C22H14F2N2O4. The number of benzene rings is 3. The third kappa shape index (κ3) is 3.50. The zero-order chi connectivity index (χ0) is 21.4. The van der Waals surface area contributed by atoms with E-state index in [1.807, 2.05) is 0 Å². The van der Waals surface area contributed by atoms with E-state index < -0.39 is 29.4 Å². The minimum Gasteiger partial charge on any atom is -0.455 e. The normalized spacial score (nSPS) is 12.4. The summed E-state index contributed by atoms with van der Waals surface area (Å²) < 4.78 is 33.9. The van der Waals surface area contributed by atoms with Crippen molar-refractivity contribution in [3.8, 4) is 11.5 Å². The summed E-state index contributed by atoms with van der Waals surface area (Å²) in [4.78, 5) is 36.1. The summed E-state index contributed by atoms with van der Waals surface area (Å²) in [5.41, 5.74) is 0.584. The van der Waals surface area contributed by atoms with Crippen molar-refractivity contribution in [1.82, 2.24) is 5.32 Å². The van der Waals surface area contributed by atoms with Crippen LogP contribution in [0.2, 0.25) is 0 Å². The summed E-state index contributed by atoms with van der Waals surface area (Å²) in [7, 11) is 0. The molecule has 1 aliphatic rings. The molecule has 0 radical (unpaired) electrons. The van der Waals surface area contributed by atoms with Crippen LogP contribution < -0.4 is 15.4 Å². The van der Waals surface area contributed by atoms with Crippen molar-refractivity contribution in [1.29, 1.82) is 0 Å². The fourth-order valence-corrected chi connectivity index (χ4v) is 3.04. The highest BCUT2D eigenvalue weighted by Crippen LogP contribution is 2.34. The largest absolute Gasteiger partial charge is 0.455 e. The first kappa shape index (κ1) is 19.3. The molecule has 0 saturated heterocycles. The van der Waals surface area contributed by atoms with Crippen LogP contribution in [-0.2, 0) is 0 Å². The number of hydrogen-bond acceptors (Lipinski definition) is 4. The number of aryl methyl sites for hydroxylation is 1. The lowest BCUT2D eigenvalue weighted by molar-refractivity contribution is 0.0879. The van der Waals surface area contributed by atoms with E-state index in [0.717, 1.165) is 11.6 Å². The van der Waals surface area contributed by atoms with Crippen LogP contribution in [-0.4, -0.2) is 17.7 Å². The molecule has 1 heterocycles. The maximum Gasteiger partial charge on any atom is 0.258 e. The van der Waals surface area contributed by atoms with Gasteiger partial charge in [0.1, 0.15) is 17.3 Å². The Kier molecular flexibility index (Phi) is 4.75. The van der Waals surface area contributed by atoms with E-state index in [2.05, 4.69) is 10.6 Å². The molecule has 6 nitrogen and oxygen atoms in total. The molecule has 0 atom stereocenters.